The number of carbonyl (C=O) groups excluding carboxylic acids is 1. The van der Waals surface area contributed by atoms with Gasteiger partial charge in [0.05, 0.1) is 11.8 Å². The van der Waals surface area contributed by atoms with Gasteiger partial charge in [-0.05, 0) is 18.9 Å². The van der Waals surface area contributed by atoms with Gasteiger partial charge in [-0.15, -0.1) is 0 Å². The van der Waals surface area contributed by atoms with Crippen LogP contribution in [0.25, 0.3) is 0 Å². The zero-order chi connectivity index (χ0) is 15.5. The number of carbonyl (C=O) groups is 1. The molecule has 118 valence electrons. The molecule has 22 heavy (non-hydrogen) atoms. The lowest BCUT2D eigenvalue weighted by Gasteiger charge is -2.32. The molecule has 2 heterocycles. The van der Waals surface area contributed by atoms with Gasteiger partial charge in [0.25, 0.3) is 0 Å². The Bertz CT molecular complexity index is 609. The monoisotopic (exact) mass is 342 g/mol. The van der Waals surface area contributed by atoms with E-state index >= 15 is 0 Å². The van der Waals surface area contributed by atoms with Gasteiger partial charge in [-0.25, -0.2) is 8.78 Å². The van der Waals surface area contributed by atoms with Crippen molar-refractivity contribution in [3.8, 4) is 0 Å². The number of nitrogens with zero attached hydrogens (tertiary/aromatic N) is 2. The predicted molar refractivity (Wildman–Crippen MR) is 87.1 cm³/mol. The number of hydrogen-bond donors (Lipinski definition) is 0. The second-order valence-electron chi connectivity index (χ2n) is 5.24. The van der Waals surface area contributed by atoms with Gasteiger partial charge >= 0.3 is 0 Å². The Balaban J connectivity index is 1.66. The van der Waals surface area contributed by atoms with Crippen LogP contribution < -0.4 is 0 Å². The Morgan fingerprint density at radius 2 is 2.27 bits per heavy atom. The molecule has 0 unspecified atom stereocenters. The average Bonchev–Trinajstić information content (AvgIpc) is 2.99. The zero-order valence-corrected chi connectivity index (χ0v) is 13.6. The number of benzene rings is 1. The van der Waals surface area contributed by atoms with Gasteiger partial charge < -0.3 is 4.90 Å². The van der Waals surface area contributed by atoms with Crippen LogP contribution in [0.1, 0.15) is 18.4 Å². The molecule has 2 aliphatic heterocycles. The van der Waals surface area contributed by atoms with Crippen LogP contribution in [-0.2, 0) is 11.3 Å². The first-order valence-corrected chi connectivity index (χ1v) is 9.06. The lowest BCUT2D eigenvalue weighted by Crippen LogP contribution is -2.42. The number of hydrogen-bond acceptors (Lipinski definition) is 4. The Labute approximate surface area is 136 Å². The lowest BCUT2D eigenvalue weighted by molar-refractivity contribution is -0.133. The highest BCUT2D eigenvalue weighted by Gasteiger charge is 2.31. The van der Waals surface area contributed by atoms with E-state index in [1.807, 2.05) is 0 Å². The van der Waals surface area contributed by atoms with E-state index in [9.17, 15) is 13.6 Å². The van der Waals surface area contributed by atoms with Crippen molar-refractivity contribution in [3.63, 3.8) is 0 Å². The molecule has 0 aromatic heterocycles. The summed E-state index contributed by atoms with van der Waals surface area (Å²) in [6, 6.07) is 3.49. The maximum absolute atomic E-state index is 13.8. The van der Waals surface area contributed by atoms with Crippen molar-refractivity contribution in [3.05, 3.63) is 35.4 Å². The molecule has 1 amide bonds. The molecule has 1 fully saturated rings. The van der Waals surface area contributed by atoms with Crippen molar-refractivity contribution < 1.29 is 13.6 Å². The van der Waals surface area contributed by atoms with Crippen LogP contribution in [0.4, 0.5) is 8.78 Å². The molecule has 1 aromatic rings. The Morgan fingerprint density at radius 1 is 1.41 bits per heavy atom. The Hall–Kier alpha value is -1.08. The molecule has 2 aliphatic rings. The van der Waals surface area contributed by atoms with E-state index in [0.29, 0.717) is 12.1 Å². The molecule has 0 bridgehead atoms. The Kier molecular flexibility index (Phi) is 5.03. The fourth-order valence-electron chi connectivity index (χ4n) is 2.54. The van der Waals surface area contributed by atoms with Gasteiger partial charge in [-0.1, -0.05) is 29.6 Å². The largest absolute Gasteiger partial charge is 0.337 e. The molecule has 7 heteroatoms. The van der Waals surface area contributed by atoms with E-state index in [2.05, 4.69) is 4.99 Å². The van der Waals surface area contributed by atoms with E-state index in [4.69, 9.17) is 0 Å². The van der Waals surface area contributed by atoms with Crippen LogP contribution in [0, 0.1) is 11.6 Å². The van der Waals surface area contributed by atoms with Crippen LogP contribution in [0.15, 0.2) is 23.2 Å². The number of aliphatic imine (C=N–C) groups is 1. The third-order valence-corrected chi connectivity index (χ3v) is 6.12. The third kappa shape index (κ3) is 3.63. The molecule has 1 saturated heterocycles. The molecule has 1 atom stereocenters. The summed E-state index contributed by atoms with van der Waals surface area (Å²) in [5.74, 6) is -0.197. The number of halogens is 2. The molecule has 0 N–H and O–H groups in total. The molecule has 3 rings (SSSR count). The van der Waals surface area contributed by atoms with Gasteiger partial charge in [0.15, 0.2) is 0 Å². The topological polar surface area (TPSA) is 32.7 Å². The summed E-state index contributed by atoms with van der Waals surface area (Å²) in [6.45, 7) is 1.63. The molecule has 3 nitrogen and oxygen atoms in total. The highest BCUT2D eigenvalue weighted by molar-refractivity contribution is 8.39. The maximum Gasteiger partial charge on any atom is 0.236 e. The van der Waals surface area contributed by atoms with Crippen molar-refractivity contribution in [2.24, 2.45) is 4.99 Å². The lowest BCUT2D eigenvalue weighted by atomic mass is 10.1. The minimum absolute atomic E-state index is 0.0233. The van der Waals surface area contributed by atoms with E-state index in [0.717, 1.165) is 35.6 Å². The van der Waals surface area contributed by atoms with Crippen LogP contribution in [0.5, 0.6) is 0 Å². The van der Waals surface area contributed by atoms with Crippen LogP contribution in [0.2, 0.25) is 0 Å². The van der Waals surface area contributed by atoms with Crippen molar-refractivity contribution in [2.45, 2.75) is 24.6 Å². The van der Waals surface area contributed by atoms with Crippen LogP contribution in [-0.4, -0.2) is 39.3 Å². The molecule has 0 aliphatic carbocycles. The summed E-state index contributed by atoms with van der Waals surface area (Å²) >= 11 is 3.21. The Morgan fingerprint density at radius 3 is 3.00 bits per heavy atom. The van der Waals surface area contributed by atoms with Crippen LogP contribution in [0.3, 0.4) is 0 Å². The standard InChI is InChI=1S/C15H16F2N2OS2/c16-11-4-3-10(12(17)8-11)9-19-6-1-2-13(14(19)20)22-15-18-5-7-21-15/h3-4,8,13H,1-2,5-7,9H2/t13-/m0/s1. The predicted octanol–water partition coefficient (Wildman–Crippen LogP) is 3.29. The van der Waals surface area contributed by atoms with Gasteiger partial charge in [-0.2, -0.15) is 0 Å². The number of rotatable bonds is 3. The number of piperidine rings is 1. The maximum atomic E-state index is 13.8. The zero-order valence-electron chi connectivity index (χ0n) is 11.9. The summed E-state index contributed by atoms with van der Waals surface area (Å²) in [5, 5.41) is -0.137. The summed E-state index contributed by atoms with van der Waals surface area (Å²) in [6.07, 6.45) is 1.72. The number of amides is 1. The summed E-state index contributed by atoms with van der Waals surface area (Å²) in [7, 11) is 0. The van der Waals surface area contributed by atoms with Crippen LogP contribution >= 0.6 is 23.5 Å². The second-order valence-corrected chi connectivity index (χ2v) is 7.77. The van der Waals surface area contributed by atoms with Gasteiger partial charge in [-0.3, -0.25) is 9.79 Å². The molecule has 0 radical (unpaired) electrons. The first kappa shape index (κ1) is 15.8. The van der Waals surface area contributed by atoms with E-state index < -0.39 is 11.6 Å². The quantitative estimate of drug-likeness (QED) is 0.845. The smallest absolute Gasteiger partial charge is 0.236 e. The number of thioether (sulfide) groups is 2. The fourth-order valence-corrected chi connectivity index (χ4v) is 4.89. The SMILES string of the molecule is O=C1[C@@H](SC2=NCCS2)CCCN1Cc1ccc(F)cc1F. The highest BCUT2D eigenvalue weighted by atomic mass is 32.2. The van der Waals surface area contributed by atoms with Crippen molar-refractivity contribution in [2.75, 3.05) is 18.8 Å². The van der Waals surface area contributed by atoms with Gasteiger partial charge in [0, 0.05) is 30.5 Å². The summed E-state index contributed by atoms with van der Waals surface area (Å²) < 4.78 is 27.7. The molecule has 0 saturated carbocycles. The number of likely N-dealkylation sites (tertiary alicyclic amines) is 1. The summed E-state index contributed by atoms with van der Waals surface area (Å²) in [4.78, 5) is 18.6. The second kappa shape index (κ2) is 7.00. The van der Waals surface area contributed by atoms with Crippen molar-refractivity contribution in [1.29, 1.82) is 0 Å². The van der Waals surface area contributed by atoms with E-state index in [-0.39, 0.29) is 17.7 Å². The average molecular weight is 342 g/mol. The first-order chi connectivity index (χ1) is 10.6. The molecule has 1 aromatic carbocycles. The highest BCUT2D eigenvalue weighted by Crippen LogP contribution is 2.31. The molecular formula is C15H16F2N2OS2. The van der Waals surface area contributed by atoms with E-state index in [1.165, 1.54) is 23.9 Å². The first-order valence-electron chi connectivity index (χ1n) is 7.20. The minimum Gasteiger partial charge on any atom is -0.337 e. The van der Waals surface area contributed by atoms with Crippen molar-refractivity contribution >= 4 is 33.8 Å². The summed E-state index contributed by atoms with van der Waals surface area (Å²) in [5.41, 5.74) is 0.355. The fraction of sp³-hybridized carbons (Fsp3) is 0.467. The minimum atomic E-state index is -0.601. The molecular weight excluding hydrogens is 326 g/mol. The van der Waals surface area contributed by atoms with Crippen molar-refractivity contribution in [1.82, 2.24) is 4.90 Å². The van der Waals surface area contributed by atoms with Gasteiger partial charge in [0.1, 0.15) is 16.0 Å². The van der Waals surface area contributed by atoms with Gasteiger partial charge in [0.2, 0.25) is 5.91 Å². The normalized spacial score (nSPS) is 22.1. The van der Waals surface area contributed by atoms with E-state index in [1.54, 1.807) is 16.7 Å². The third-order valence-electron chi connectivity index (χ3n) is 3.66. The molecule has 0 spiro atoms.